The predicted octanol–water partition coefficient (Wildman–Crippen LogP) is 3.53. The van der Waals surface area contributed by atoms with Crippen LogP contribution >= 0.6 is 11.8 Å². The van der Waals surface area contributed by atoms with Crippen LogP contribution in [0, 0.1) is 0 Å². The number of carbonyl (C=O) groups excluding carboxylic acids is 3. The lowest BCUT2D eigenvalue weighted by Gasteiger charge is -2.10. The van der Waals surface area contributed by atoms with Crippen LogP contribution in [0.3, 0.4) is 0 Å². The number of methoxy groups -OCH3 is 1. The summed E-state index contributed by atoms with van der Waals surface area (Å²) in [7, 11) is 1.57. The van der Waals surface area contributed by atoms with Crippen molar-refractivity contribution in [2.24, 2.45) is 0 Å². The molecule has 3 rings (SSSR count). The lowest BCUT2D eigenvalue weighted by atomic mass is 10.2. The van der Waals surface area contributed by atoms with Crippen LogP contribution in [0.4, 0.5) is 5.69 Å². The summed E-state index contributed by atoms with van der Waals surface area (Å²) in [6, 6.07) is 13.4. The zero-order valence-corrected chi connectivity index (χ0v) is 21.4. The molecule has 0 aliphatic rings. The van der Waals surface area contributed by atoms with E-state index >= 15 is 0 Å². The summed E-state index contributed by atoms with van der Waals surface area (Å²) < 4.78 is 12.1. The third-order valence-electron chi connectivity index (χ3n) is 4.93. The quantitative estimate of drug-likeness (QED) is 0.296. The van der Waals surface area contributed by atoms with Crippen molar-refractivity contribution >= 4 is 35.2 Å². The lowest BCUT2D eigenvalue weighted by Crippen LogP contribution is -2.24. The van der Waals surface area contributed by atoms with Gasteiger partial charge in [0.05, 0.1) is 31.1 Å². The molecule has 1 aromatic heterocycles. The van der Waals surface area contributed by atoms with Crippen molar-refractivity contribution in [3.05, 3.63) is 65.5 Å². The van der Waals surface area contributed by atoms with Gasteiger partial charge >= 0.3 is 5.97 Å². The molecule has 0 saturated heterocycles. The number of aromatic nitrogens is 3. The monoisotopic (exact) mass is 511 g/mol. The number of esters is 1. The summed E-state index contributed by atoms with van der Waals surface area (Å²) >= 11 is 1.23. The Kier molecular flexibility index (Phi) is 9.46. The van der Waals surface area contributed by atoms with E-state index in [0.717, 1.165) is 0 Å². The van der Waals surface area contributed by atoms with Gasteiger partial charge in [0.1, 0.15) is 5.75 Å². The molecule has 10 nitrogen and oxygen atoms in total. The second kappa shape index (κ2) is 12.7. The molecule has 0 atom stereocenters. The summed E-state index contributed by atoms with van der Waals surface area (Å²) in [6.07, 6.45) is -0.233. The van der Waals surface area contributed by atoms with E-state index in [9.17, 15) is 14.4 Å². The third kappa shape index (κ3) is 7.32. The van der Waals surface area contributed by atoms with E-state index in [4.69, 9.17) is 9.47 Å². The van der Waals surface area contributed by atoms with Gasteiger partial charge in [-0.3, -0.25) is 9.59 Å². The SMILES string of the molecule is CCn1c(CNC(=O)c2ccc(OC)cc2)nnc1SCC(=O)Nc1cccc(C(=O)OC(C)C)c1. The molecule has 2 amide bonds. The first-order valence-electron chi connectivity index (χ1n) is 11.4. The number of thioether (sulfide) groups is 1. The zero-order chi connectivity index (χ0) is 26.1. The molecule has 0 aliphatic carbocycles. The fraction of sp³-hybridized carbons (Fsp3) is 0.320. The highest BCUT2D eigenvalue weighted by molar-refractivity contribution is 7.99. The van der Waals surface area contributed by atoms with Crippen LogP contribution in [-0.4, -0.2) is 51.5 Å². The van der Waals surface area contributed by atoms with Crippen molar-refractivity contribution in [2.45, 2.75) is 45.1 Å². The van der Waals surface area contributed by atoms with Gasteiger partial charge in [-0.15, -0.1) is 10.2 Å². The van der Waals surface area contributed by atoms with Gasteiger partial charge in [0.15, 0.2) is 11.0 Å². The molecule has 0 saturated carbocycles. The van der Waals surface area contributed by atoms with Crippen LogP contribution in [0.25, 0.3) is 0 Å². The van der Waals surface area contributed by atoms with E-state index in [-0.39, 0.29) is 30.2 Å². The number of amides is 2. The summed E-state index contributed by atoms with van der Waals surface area (Å²) in [5, 5.41) is 14.5. The largest absolute Gasteiger partial charge is 0.497 e. The average Bonchev–Trinajstić information content (AvgIpc) is 3.27. The summed E-state index contributed by atoms with van der Waals surface area (Å²) in [5.74, 6) is 0.406. The predicted molar refractivity (Wildman–Crippen MR) is 136 cm³/mol. The van der Waals surface area contributed by atoms with Gasteiger partial charge in [-0.25, -0.2) is 4.79 Å². The van der Waals surface area contributed by atoms with Gasteiger partial charge in [0.2, 0.25) is 5.91 Å². The molecule has 0 spiro atoms. The van der Waals surface area contributed by atoms with Crippen LogP contribution in [0.2, 0.25) is 0 Å². The number of nitrogens with one attached hydrogen (secondary N) is 2. The van der Waals surface area contributed by atoms with Crippen molar-refractivity contribution in [1.29, 1.82) is 0 Å². The van der Waals surface area contributed by atoms with Gasteiger partial charge in [-0.1, -0.05) is 17.8 Å². The number of benzene rings is 2. The van der Waals surface area contributed by atoms with Crippen molar-refractivity contribution < 1.29 is 23.9 Å². The van der Waals surface area contributed by atoms with Crippen LogP contribution in [0.5, 0.6) is 5.75 Å². The van der Waals surface area contributed by atoms with E-state index in [1.165, 1.54) is 11.8 Å². The standard InChI is InChI=1S/C25H29N5O5S/c1-5-30-21(14-26-23(32)17-9-11-20(34-4)12-10-17)28-29-25(30)36-15-22(31)27-19-8-6-7-18(13-19)24(33)35-16(2)3/h6-13,16H,5,14-15H2,1-4H3,(H,26,32)(H,27,31). The van der Waals surface area contributed by atoms with Crippen molar-refractivity contribution in [2.75, 3.05) is 18.2 Å². The van der Waals surface area contributed by atoms with Gasteiger partial charge in [0, 0.05) is 17.8 Å². The molecule has 0 fully saturated rings. The van der Waals surface area contributed by atoms with Crippen LogP contribution in [0.1, 0.15) is 47.3 Å². The molecule has 190 valence electrons. The number of ether oxygens (including phenoxy) is 2. The number of anilines is 1. The van der Waals surface area contributed by atoms with Crippen LogP contribution in [-0.2, 0) is 22.6 Å². The first-order valence-corrected chi connectivity index (χ1v) is 12.4. The Labute approximate surface area is 213 Å². The third-order valence-corrected chi connectivity index (χ3v) is 5.89. The second-order valence-corrected chi connectivity index (χ2v) is 8.87. The maximum absolute atomic E-state index is 12.5. The molecule has 36 heavy (non-hydrogen) atoms. The van der Waals surface area contributed by atoms with Gasteiger partial charge < -0.3 is 24.7 Å². The normalized spacial score (nSPS) is 10.7. The molecule has 0 bridgehead atoms. The highest BCUT2D eigenvalue weighted by atomic mass is 32.2. The molecule has 11 heteroatoms. The number of hydrogen-bond donors (Lipinski definition) is 2. The van der Waals surface area contributed by atoms with Crippen LogP contribution in [0.15, 0.2) is 53.7 Å². The average molecular weight is 512 g/mol. The molecule has 3 aromatic rings. The van der Waals surface area contributed by atoms with E-state index < -0.39 is 5.97 Å². The van der Waals surface area contributed by atoms with E-state index in [1.54, 1.807) is 69.5 Å². The number of hydrogen-bond acceptors (Lipinski definition) is 8. The Balaban J connectivity index is 1.55. The molecular formula is C25H29N5O5S. The fourth-order valence-electron chi connectivity index (χ4n) is 3.21. The van der Waals surface area contributed by atoms with Crippen molar-refractivity contribution in [1.82, 2.24) is 20.1 Å². The minimum atomic E-state index is -0.446. The number of carbonyl (C=O) groups is 3. The molecule has 0 radical (unpaired) electrons. The zero-order valence-electron chi connectivity index (χ0n) is 20.6. The van der Waals surface area contributed by atoms with Gasteiger partial charge in [-0.2, -0.15) is 0 Å². The Bertz CT molecular complexity index is 1210. The summed E-state index contributed by atoms with van der Waals surface area (Å²) in [6.45, 7) is 6.25. The van der Waals surface area contributed by atoms with Gasteiger partial charge in [-0.05, 0) is 63.2 Å². The second-order valence-electron chi connectivity index (χ2n) is 7.93. The van der Waals surface area contributed by atoms with Crippen molar-refractivity contribution in [3.8, 4) is 5.75 Å². The number of nitrogens with zero attached hydrogens (tertiary/aromatic N) is 3. The Morgan fingerprint density at radius 1 is 1.06 bits per heavy atom. The highest BCUT2D eigenvalue weighted by Crippen LogP contribution is 2.19. The Hall–Kier alpha value is -3.86. The minimum Gasteiger partial charge on any atom is -0.497 e. The Morgan fingerprint density at radius 3 is 2.47 bits per heavy atom. The first-order chi connectivity index (χ1) is 17.3. The molecule has 1 heterocycles. The van der Waals surface area contributed by atoms with E-state index in [2.05, 4.69) is 20.8 Å². The maximum atomic E-state index is 12.5. The summed E-state index contributed by atoms with van der Waals surface area (Å²) in [5.41, 5.74) is 1.37. The van der Waals surface area contributed by atoms with Crippen LogP contribution < -0.4 is 15.4 Å². The van der Waals surface area contributed by atoms with E-state index in [0.29, 0.717) is 40.1 Å². The molecular weight excluding hydrogens is 482 g/mol. The maximum Gasteiger partial charge on any atom is 0.338 e. The Morgan fingerprint density at radius 2 is 1.81 bits per heavy atom. The summed E-state index contributed by atoms with van der Waals surface area (Å²) in [4.78, 5) is 37.0. The fourth-order valence-corrected chi connectivity index (χ4v) is 4.03. The molecule has 0 unspecified atom stereocenters. The van der Waals surface area contributed by atoms with Crippen molar-refractivity contribution in [3.63, 3.8) is 0 Å². The van der Waals surface area contributed by atoms with Gasteiger partial charge in [0.25, 0.3) is 5.91 Å². The molecule has 0 aliphatic heterocycles. The van der Waals surface area contributed by atoms with E-state index in [1.807, 2.05) is 11.5 Å². The highest BCUT2D eigenvalue weighted by Gasteiger charge is 2.15. The first kappa shape index (κ1) is 26.7. The molecule has 2 aromatic carbocycles. The smallest absolute Gasteiger partial charge is 0.338 e. The lowest BCUT2D eigenvalue weighted by molar-refractivity contribution is -0.113. The minimum absolute atomic E-state index is 0.0943. The topological polar surface area (TPSA) is 124 Å². The number of rotatable bonds is 11. The molecule has 2 N–H and O–H groups in total.